The van der Waals surface area contributed by atoms with Gasteiger partial charge in [0, 0.05) is 18.7 Å². The van der Waals surface area contributed by atoms with Gasteiger partial charge in [-0.15, -0.1) is 0 Å². The molecule has 1 aromatic carbocycles. The summed E-state index contributed by atoms with van der Waals surface area (Å²) in [5.74, 6) is 0.181. The molecular weight excluding hydrogens is 226 g/mol. The van der Waals surface area contributed by atoms with Crippen molar-refractivity contribution < 1.29 is 9.53 Å². The fraction of sp³-hybridized carbons (Fsp3) is 0.533. The van der Waals surface area contributed by atoms with E-state index in [1.807, 2.05) is 30.3 Å². The normalized spacial score (nSPS) is 23.8. The number of carbonyl (C=O) groups is 1. The van der Waals surface area contributed by atoms with Crippen LogP contribution in [0.15, 0.2) is 30.3 Å². The van der Waals surface area contributed by atoms with Crippen molar-refractivity contribution >= 4 is 5.78 Å². The molecule has 0 N–H and O–H groups in total. The first-order valence-corrected chi connectivity index (χ1v) is 6.45. The molecule has 0 aliphatic carbocycles. The quantitative estimate of drug-likeness (QED) is 0.768. The smallest absolute Gasteiger partial charge is 0.176 e. The summed E-state index contributed by atoms with van der Waals surface area (Å²) in [6, 6.07) is 9.48. The summed E-state index contributed by atoms with van der Waals surface area (Å²) in [5.41, 5.74) is 0.615. The lowest BCUT2D eigenvalue weighted by Crippen LogP contribution is -2.53. The maximum Gasteiger partial charge on any atom is 0.176 e. The second kappa shape index (κ2) is 5.21. The van der Waals surface area contributed by atoms with Gasteiger partial charge in [-0.3, -0.25) is 9.69 Å². The van der Waals surface area contributed by atoms with Gasteiger partial charge in [0.25, 0.3) is 0 Å². The van der Waals surface area contributed by atoms with Crippen LogP contribution in [-0.2, 0) is 4.74 Å². The topological polar surface area (TPSA) is 29.5 Å². The highest BCUT2D eigenvalue weighted by Crippen LogP contribution is 2.20. The molecule has 1 saturated heterocycles. The minimum absolute atomic E-state index is 0.172. The summed E-state index contributed by atoms with van der Waals surface area (Å²) in [4.78, 5) is 14.3. The molecule has 1 unspecified atom stereocenters. The fourth-order valence-electron chi connectivity index (χ4n) is 2.62. The summed E-state index contributed by atoms with van der Waals surface area (Å²) in [7, 11) is 0. The van der Waals surface area contributed by atoms with Crippen molar-refractivity contribution in [2.75, 3.05) is 19.6 Å². The van der Waals surface area contributed by atoms with Crippen LogP contribution in [0.25, 0.3) is 0 Å². The van der Waals surface area contributed by atoms with Gasteiger partial charge in [0.2, 0.25) is 0 Å². The maximum atomic E-state index is 12.1. The van der Waals surface area contributed by atoms with Gasteiger partial charge >= 0.3 is 0 Å². The van der Waals surface area contributed by atoms with Crippen molar-refractivity contribution in [2.45, 2.75) is 32.5 Å². The number of hydrogen-bond acceptors (Lipinski definition) is 3. The second-order valence-corrected chi connectivity index (χ2v) is 5.65. The highest BCUT2D eigenvalue weighted by atomic mass is 16.5. The Morgan fingerprint density at radius 3 is 2.67 bits per heavy atom. The summed E-state index contributed by atoms with van der Waals surface area (Å²) in [6.45, 7) is 8.30. The maximum absolute atomic E-state index is 12.1. The Morgan fingerprint density at radius 2 is 2.06 bits per heavy atom. The van der Waals surface area contributed by atoms with E-state index in [1.165, 1.54) is 0 Å². The average Bonchev–Trinajstić information content (AvgIpc) is 2.27. The lowest BCUT2D eigenvalue weighted by Gasteiger charge is -2.41. The lowest BCUT2D eigenvalue weighted by molar-refractivity contribution is -0.126. The Bertz CT molecular complexity index is 414. The highest BCUT2D eigenvalue weighted by Gasteiger charge is 2.31. The zero-order chi connectivity index (χ0) is 13.2. The number of hydrogen-bond donors (Lipinski definition) is 0. The number of morpholine rings is 1. The van der Waals surface area contributed by atoms with E-state index in [-0.39, 0.29) is 17.5 Å². The molecule has 1 fully saturated rings. The van der Waals surface area contributed by atoms with Crippen molar-refractivity contribution in [3.05, 3.63) is 35.9 Å². The number of benzene rings is 1. The third-order valence-corrected chi connectivity index (χ3v) is 3.10. The van der Waals surface area contributed by atoms with E-state index in [9.17, 15) is 4.79 Å². The van der Waals surface area contributed by atoms with Gasteiger partial charge in [-0.05, 0) is 20.8 Å². The van der Waals surface area contributed by atoms with E-state index in [1.54, 1.807) is 0 Å². The summed E-state index contributed by atoms with van der Waals surface area (Å²) >= 11 is 0. The third kappa shape index (κ3) is 3.40. The first-order valence-electron chi connectivity index (χ1n) is 6.45. The first-order chi connectivity index (χ1) is 8.46. The van der Waals surface area contributed by atoms with Crippen molar-refractivity contribution in [2.24, 2.45) is 0 Å². The molecular formula is C15H21NO2. The fourth-order valence-corrected chi connectivity index (χ4v) is 2.62. The van der Waals surface area contributed by atoms with Gasteiger partial charge in [0.1, 0.15) is 0 Å². The molecule has 1 aliphatic heterocycles. The van der Waals surface area contributed by atoms with Crippen LogP contribution >= 0.6 is 0 Å². The van der Waals surface area contributed by atoms with E-state index in [0.29, 0.717) is 6.54 Å². The minimum Gasteiger partial charge on any atom is -0.370 e. The van der Waals surface area contributed by atoms with Gasteiger partial charge in [0.15, 0.2) is 5.78 Å². The van der Waals surface area contributed by atoms with E-state index in [0.717, 1.165) is 18.7 Å². The molecule has 0 aromatic heterocycles. The van der Waals surface area contributed by atoms with Gasteiger partial charge in [-0.25, -0.2) is 0 Å². The molecule has 1 aliphatic rings. The molecule has 1 heterocycles. The molecule has 0 radical (unpaired) electrons. The molecule has 1 aromatic rings. The van der Waals surface area contributed by atoms with Crippen LogP contribution in [0.1, 0.15) is 31.1 Å². The zero-order valence-electron chi connectivity index (χ0n) is 11.3. The summed E-state index contributed by atoms with van der Waals surface area (Å²) in [5, 5.41) is 0. The van der Waals surface area contributed by atoms with Crippen LogP contribution in [0.2, 0.25) is 0 Å². The number of ether oxygens (including phenoxy) is 1. The standard InChI is InChI=1S/C15H21NO2/c1-12-9-16(11-15(2,3)18-12)10-14(17)13-7-5-4-6-8-13/h4-8,12H,9-11H2,1-3H3. The Morgan fingerprint density at radius 1 is 1.39 bits per heavy atom. The van der Waals surface area contributed by atoms with Crippen LogP contribution in [-0.4, -0.2) is 42.0 Å². The van der Waals surface area contributed by atoms with Crippen molar-refractivity contribution in [1.82, 2.24) is 4.90 Å². The monoisotopic (exact) mass is 247 g/mol. The number of ketones is 1. The number of rotatable bonds is 3. The number of carbonyl (C=O) groups excluding carboxylic acids is 1. The second-order valence-electron chi connectivity index (χ2n) is 5.65. The van der Waals surface area contributed by atoms with Gasteiger partial charge in [-0.1, -0.05) is 30.3 Å². The van der Waals surface area contributed by atoms with Crippen LogP contribution in [0.4, 0.5) is 0 Å². The predicted octanol–water partition coefficient (Wildman–Crippen LogP) is 2.37. The molecule has 0 spiro atoms. The van der Waals surface area contributed by atoms with Crippen molar-refractivity contribution in [1.29, 1.82) is 0 Å². The molecule has 0 bridgehead atoms. The van der Waals surface area contributed by atoms with Gasteiger partial charge in [0.05, 0.1) is 18.2 Å². The summed E-state index contributed by atoms with van der Waals surface area (Å²) < 4.78 is 5.84. The molecule has 0 saturated carbocycles. The van der Waals surface area contributed by atoms with E-state index in [2.05, 4.69) is 25.7 Å². The minimum atomic E-state index is -0.172. The Balaban J connectivity index is 1.99. The van der Waals surface area contributed by atoms with Crippen molar-refractivity contribution in [3.8, 4) is 0 Å². The molecule has 18 heavy (non-hydrogen) atoms. The van der Waals surface area contributed by atoms with E-state index in [4.69, 9.17) is 4.74 Å². The molecule has 0 amide bonds. The Hall–Kier alpha value is -1.19. The van der Waals surface area contributed by atoms with Gasteiger partial charge < -0.3 is 4.74 Å². The van der Waals surface area contributed by atoms with Crippen LogP contribution < -0.4 is 0 Å². The lowest BCUT2D eigenvalue weighted by atomic mass is 10.0. The molecule has 2 rings (SSSR count). The SMILES string of the molecule is CC1CN(CC(=O)c2ccccc2)CC(C)(C)O1. The molecule has 1 atom stereocenters. The van der Waals surface area contributed by atoms with Crippen LogP contribution in [0.3, 0.4) is 0 Å². The van der Waals surface area contributed by atoms with Crippen LogP contribution in [0.5, 0.6) is 0 Å². The zero-order valence-corrected chi connectivity index (χ0v) is 11.3. The third-order valence-electron chi connectivity index (χ3n) is 3.10. The average molecular weight is 247 g/mol. The first kappa shape index (κ1) is 13.2. The number of Topliss-reactive ketones (excluding diaryl/α,β-unsaturated/α-hetero) is 1. The molecule has 3 nitrogen and oxygen atoms in total. The largest absolute Gasteiger partial charge is 0.370 e. The van der Waals surface area contributed by atoms with Gasteiger partial charge in [-0.2, -0.15) is 0 Å². The summed E-state index contributed by atoms with van der Waals surface area (Å²) in [6.07, 6.45) is 0.178. The van der Waals surface area contributed by atoms with Crippen molar-refractivity contribution in [3.63, 3.8) is 0 Å². The highest BCUT2D eigenvalue weighted by molar-refractivity contribution is 5.97. The van der Waals surface area contributed by atoms with Crippen LogP contribution in [0, 0.1) is 0 Å². The Kier molecular flexibility index (Phi) is 3.83. The Labute approximate surface area is 109 Å². The predicted molar refractivity (Wildman–Crippen MR) is 71.8 cm³/mol. The number of nitrogens with zero attached hydrogens (tertiary/aromatic N) is 1. The molecule has 98 valence electrons. The van der Waals surface area contributed by atoms with E-state index < -0.39 is 0 Å². The van der Waals surface area contributed by atoms with E-state index >= 15 is 0 Å². The molecule has 3 heteroatoms.